The van der Waals surface area contributed by atoms with Crippen molar-refractivity contribution >= 4 is 29.2 Å². The maximum Gasteiger partial charge on any atom is 0.125 e. The monoisotopic (exact) mass is 251 g/mol. The molecule has 0 spiro atoms. The van der Waals surface area contributed by atoms with E-state index in [2.05, 4.69) is 4.98 Å². The van der Waals surface area contributed by atoms with E-state index in [1.807, 2.05) is 24.3 Å². The van der Waals surface area contributed by atoms with Gasteiger partial charge in [-0.05, 0) is 11.6 Å². The number of thiazole rings is 1. The van der Waals surface area contributed by atoms with Crippen molar-refractivity contribution in [3.63, 3.8) is 0 Å². The number of nitrogens with zero attached hydrogens (tertiary/aromatic N) is 1. The normalized spacial score (nSPS) is 10.3. The lowest BCUT2D eigenvalue weighted by atomic mass is 10.2. The molecule has 1 aromatic heterocycles. The van der Waals surface area contributed by atoms with Crippen molar-refractivity contribution in [2.45, 2.75) is 12.8 Å². The summed E-state index contributed by atoms with van der Waals surface area (Å²) >= 11 is 7.62. The summed E-state index contributed by atoms with van der Waals surface area (Å²) in [5.41, 5.74) is 1.07. The average Bonchev–Trinajstić information content (AvgIpc) is 2.70. The fourth-order valence-electron chi connectivity index (χ4n) is 1.41. The van der Waals surface area contributed by atoms with E-state index >= 15 is 0 Å². The van der Waals surface area contributed by atoms with Crippen LogP contribution in [0, 0.1) is 0 Å². The molecule has 4 heteroatoms. The minimum absolute atomic E-state index is 0.445. The molecule has 2 rings (SSSR count). The van der Waals surface area contributed by atoms with Crippen molar-refractivity contribution in [1.29, 1.82) is 0 Å². The first-order valence-corrected chi connectivity index (χ1v) is 6.09. The summed E-state index contributed by atoms with van der Waals surface area (Å²) in [7, 11) is 0. The molecule has 82 valence electrons. The third-order valence-electron chi connectivity index (χ3n) is 2.19. The van der Waals surface area contributed by atoms with Gasteiger partial charge in [0.25, 0.3) is 0 Å². The van der Waals surface area contributed by atoms with Gasteiger partial charge in [0.05, 0.1) is 5.01 Å². The first-order valence-electron chi connectivity index (χ1n) is 4.90. The third-order valence-corrected chi connectivity index (χ3v) is 3.57. The molecule has 0 saturated carbocycles. The highest BCUT2D eigenvalue weighted by atomic mass is 35.5. The fraction of sp³-hybridized carbons (Fsp3) is 0.167. The van der Waals surface area contributed by atoms with Crippen LogP contribution < -0.4 is 0 Å². The summed E-state index contributed by atoms with van der Waals surface area (Å²) in [5.74, 6) is 0. The van der Waals surface area contributed by atoms with Crippen molar-refractivity contribution in [2.75, 3.05) is 0 Å². The van der Waals surface area contributed by atoms with Gasteiger partial charge in [0.1, 0.15) is 6.29 Å². The molecule has 1 heterocycles. The molecule has 0 amide bonds. The zero-order chi connectivity index (χ0) is 11.4. The summed E-state index contributed by atoms with van der Waals surface area (Å²) < 4.78 is 0. The largest absolute Gasteiger partial charge is 0.303 e. The Labute approximate surface area is 103 Å². The summed E-state index contributed by atoms with van der Waals surface area (Å²) in [6.45, 7) is 0. The smallest absolute Gasteiger partial charge is 0.125 e. The van der Waals surface area contributed by atoms with Gasteiger partial charge in [-0.25, -0.2) is 4.98 Å². The molecule has 16 heavy (non-hydrogen) atoms. The number of benzene rings is 1. The SMILES string of the molecule is O=CCc1cnc(Cc2ccccc2Cl)s1. The molecule has 0 atom stereocenters. The van der Waals surface area contributed by atoms with Gasteiger partial charge in [-0.3, -0.25) is 0 Å². The van der Waals surface area contributed by atoms with Crippen molar-refractivity contribution in [3.05, 3.63) is 50.9 Å². The molecule has 0 aliphatic rings. The third kappa shape index (κ3) is 2.68. The van der Waals surface area contributed by atoms with E-state index < -0.39 is 0 Å². The van der Waals surface area contributed by atoms with Gasteiger partial charge >= 0.3 is 0 Å². The van der Waals surface area contributed by atoms with E-state index in [1.54, 1.807) is 17.5 Å². The molecule has 0 aliphatic carbocycles. The van der Waals surface area contributed by atoms with E-state index in [0.717, 1.165) is 33.2 Å². The number of carbonyl (C=O) groups excluding carboxylic acids is 1. The Balaban J connectivity index is 2.14. The maximum atomic E-state index is 10.4. The number of hydrogen-bond donors (Lipinski definition) is 0. The molecule has 2 nitrogen and oxygen atoms in total. The molecule has 0 bridgehead atoms. The highest BCUT2D eigenvalue weighted by Gasteiger charge is 2.05. The average molecular weight is 252 g/mol. The van der Waals surface area contributed by atoms with Crippen LogP contribution in [-0.2, 0) is 17.6 Å². The fourth-order valence-corrected chi connectivity index (χ4v) is 2.51. The Bertz CT molecular complexity index is 495. The number of aromatic nitrogens is 1. The van der Waals surface area contributed by atoms with Crippen LogP contribution >= 0.6 is 22.9 Å². The lowest BCUT2D eigenvalue weighted by molar-refractivity contribution is -0.107. The standard InChI is InChI=1S/C12H10ClNOS/c13-11-4-2-1-3-9(11)7-12-14-8-10(16-12)5-6-15/h1-4,6,8H,5,7H2. The highest BCUT2D eigenvalue weighted by molar-refractivity contribution is 7.11. The molecule has 0 aliphatic heterocycles. The number of carbonyl (C=O) groups is 1. The second-order valence-corrected chi connectivity index (χ2v) is 4.97. The van der Waals surface area contributed by atoms with Gasteiger partial charge < -0.3 is 4.79 Å². The molecule has 0 N–H and O–H groups in total. The van der Waals surface area contributed by atoms with Gasteiger partial charge in [0, 0.05) is 28.9 Å². The van der Waals surface area contributed by atoms with Crippen LogP contribution in [0.25, 0.3) is 0 Å². The second-order valence-electron chi connectivity index (χ2n) is 3.36. The zero-order valence-corrected chi connectivity index (χ0v) is 10.1. The van der Waals surface area contributed by atoms with Crippen LogP contribution in [0.15, 0.2) is 30.5 Å². The van der Waals surface area contributed by atoms with Gasteiger partial charge in [-0.2, -0.15) is 0 Å². The van der Waals surface area contributed by atoms with Crippen molar-refractivity contribution in [3.8, 4) is 0 Å². The van der Waals surface area contributed by atoms with Gasteiger partial charge in [0.2, 0.25) is 0 Å². The molecule has 0 fully saturated rings. The van der Waals surface area contributed by atoms with E-state index in [9.17, 15) is 4.79 Å². The van der Waals surface area contributed by atoms with Gasteiger partial charge in [-0.15, -0.1) is 11.3 Å². The van der Waals surface area contributed by atoms with Crippen molar-refractivity contribution in [2.24, 2.45) is 0 Å². The van der Waals surface area contributed by atoms with E-state index in [-0.39, 0.29) is 0 Å². The topological polar surface area (TPSA) is 30.0 Å². The number of halogens is 1. The van der Waals surface area contributed by atoms with Crippen LogP contribution in [0.4, 0.5) is 0 Å². The Morgan fingerprint density at radius 3 is 2.94 bits per heavy atom. The van der Waals surface area contributed by atoms with Gasteiger partial charge in [-0.1, -0.05) is 29.8 Å². The Kier molecular flexibility index (Phi) is 3.70. The van der Waals surface area contributed by atoms with E-state index in [0.29, 0.717) is 6.42 Å². The summed E-state index contributed by atoms with van der Waals surface area (Å²) in [6.07, 6.45) is 3.82. The lowest BCUT2D eigenvalue weighted by Gasteiger charge is -2.00. The molecule has 2 aromatic rings. The van der Waals surface area contributed by atoms with E-state index in [1.165, 1.54) is 0 Å². The minimum Gasteiger partial charge on any atom is -0.303 e. The first kappa shape index (κ1) is 11.3. The quantitative estimate of drug-likeness (QED) is 0.782. The molecule has 0 radical (unpaired) electrons. The number of aldehydes is 1. The Hall–Kier alpha value is -1.19. The summed E-state index contributed by atoms with van der Waals surface area (Å²) in [6, 6.07) is 7.73. The van der Waals surface area contributed by atoms with E-state index in [4.69, 9.17) is 11.6 Å². The predicted molar refractivity (Wildman–Crippen MR) is 66.1 cm³/mol. The van der Waals surface area contributed by atoms with Crippen LogP contribution in [0.1, 0.15) is 15.4 Å². The van der Waals surface area contributed by atoms with Crippen LogP contribution in [-0.4, -0.2) is 11.3 Å². The molecule has 1 aromatic carbocycles. The zero-order valence-electron chi connectivity index (χ0n) is 8.52. The molecular formula is C12H10ClNOS. The Morgan fingerprint density at radius 2 is 2.19 bits per heavy atom. The van der Waals surface area contributed by atoms with Crippen molar-refractivity contribution < 1.29 is 4.79 Å². The predicted octanol–water partition coefficient (Wildman–Crippen LogP) is 3.13. The van der Waals surface area contributed by atoms with Crippen molar-refractivity contribution in [1.82, 2.24) is 4.98 Å². The molecule has 0 unspecified atom stereocenters. The number of rotatable bonds is 4. The Morgan fingerprint density at radius 1 is 1.38 bits per heavy atom. The lowest BCUT2D eigenvalue weighted by Crippen LogP contribution is -1.87. The minimum atomic E-state index is 0.445. The molecule has 0 saturated heterocycles. The van der Waals surface area contributed by atoms with Crippen LogP contribution in [0.2, 0.25) is 5.02 Å². The van der Waals surface area contributed by atoms with Crippen LogP contribution in [0.3, 0.4) is 0 Å². The maximum absolute atomic E-state index is 10.4. The van der Waals surface area contributed by atoms with Gasteiger partial charge in [0.15, 0.2) is 0 Å². The van der Waals surface area contributed by atoms with Crippen LogP contribution in [0.5, 0.6) is 0 Å². The second kappa shape index (κ2) is 5.23. The molecular weight excluding hydrogens is 242 g/mol. The number of hydrogen-bond acceptors (Lipinski definition) is 3. The summed E-state index contributed by atoms with van der Waals surface area (Å²) in [5, 5.41) is 1.75. The summed E-state index contributed by atoms with van der Waals surface area (Å²) in [4.78, 5) is 15.6. The first-order chi connectivity index (χ1) is 7.79. The highest BCUT2D eigenvalue weighted by Crippen LogP contribution is 2.21.